The summed E-state index contributed by atoms with van der Waals surface area (Å²) < 4.78 is 5.22. The van der Waals surface area contributed by atoms with Crippen LogP contribution in [0.4, 0.5) is 0 Å². The summed E-state index contributed by atoms with van der Waals surface area (Å²) in [6.45, 7) is 6.06. The Bertz CT molecular complexity index is 606. The summed E-state index contributed by atoms with van der Waals surface area (Å²) >= 11 is 5.96. The zero-order valence-electron chi connectivity index (χ0n) is 12.9. The van der Waals surface area contributed by atoms with E-state index in [1.165, 1.54) is 0 Å². The largest absolute Gasteiger partial charge is 0.496 e. The van der Waals surface area contributed by atoms with Crippen molar-refractivity contribution in [3.05, 3.63) is 64.2 Å². The van der Waals surface area contributed by atoms with Gasteiger partial charge in [-0.1, -0.05) is 50.6 Å². The third-order valence-corrected chi connectivity index (χ3v) is 3.24. The van der Waals surface area contributed by atoms with E-state index in [4.69, 9.17) is 16.3 Å². The highest BCUT2D eigenvalue weighted by Gasteiger charge is 2.15. The van der Waals surface area contributed by atoms with Crippen molar-refractivity contribution in [3.8, 4) is 5.75 Å². The first-order valence-electron chi connectivity index (χ1n) is 7.13. The van der Waals surface area contributed by atoms with Crippen LogP contribution in [0.2, 0.25) is 5.02 Å². The highest BCUT2D eigenvalue weighted by molar-refractivity contribution is 6.31. The maximum atomic E-state index is 12.5. The first kappa shape index (κ1) is 17.3. The van der Waals surface area contributed by atoms with Gasteiger partial charge in [0.2, 0.25) is 0 Å². The molecule has 21 heavy (non-hydrogen) atoms. The second-order valence-electron chi connectivity index (χ2n) is 4.23. The molecule has 0 atom stereocenters. The molecule has 2 aromatic carbocycles. The van der Waals surface area contributed by atoms with Gasteiger partial charge >= 0.3 is 0 Å². The minimum Gasteiger partial charge on any atom is -0.496 e. The maximum Gasteiger partial charge on any atom is 0.196 e. The van der Waals surface area contributed by atoms with Crippen LogP contribution in [0.15, 0.2) is 42.5 Å². The first-order chi connectivity index (χ1) is 10.2. The van der Waals surface area contributed by atoms with E-state index in [1.807, 2.05) is 38.1 Å². The molecule has 0 spiro atoms. The van der Waals surface area contributed by atoms with Gasteiger partial charge in [-0.2, -0.15) is 0 Å². The van der Waals surface area contributed by atoms with Crippen LogP contribution in [-0.4, -0.2) is 12.9 Å². The van der Waals surface area contributed by atoms with E-state index < -0.39 is 0 Å². The van der Waals surface area contributed by atoms with Crippen LogP contribution in [0.1, 0.15) is 42.3 Å². The van der Waals surface area contributed by atoms with E-state index in [0.717, 1.165) is 12.0 Å². The molecule has 0 fully saturated rings. The van der Waals surface area contributed by atoms with Crippen molar-refractivity contribution >= 4 is 17.4 Å². The Hall–Kier alpha value is -1.80. The van der Waals surface area contributed by atoms with Crippen LogP contribution in [0.3, 0.4) is 0 Å². The van der Waals surface area contributed by atoms with Crippen molar-refractivity contribution in [2.45, 2.75) is 27.2 Å². The fourth-order valence-electron chi connectivity index (χ4n) is 1.95. The first-order valence-corrected chi connectivity index (χ1v) is 7.50. The van der Waals surface area contributed by atoms with Gasteiger partial charge in [0.05, 0.1) is 12.7 Å². The second kappa shape index (κ2) is 8.48. The van der Waals surface area contributed by atoms with Crippen LogP contribution in [0.25, 0.3) is 0 Å². The smallest absolute Gasteiger partial charge is 0.196 e. The zero-order chi connectivity index (χ0) is 15.8. The molecular formula is C18H21ClO2. The van der Waals surface area contributed by atoms with Crippen molar-refractivity contribution < 1.29 is 9.53 Å². The van der Waals surface area contributed by atoms with Gasteiger partial charge in [-0.05, 0) is 36.2 Å². The van der Waals surface area contributed by atoms with Crippen LogP contribution >= 0.6 is 11.6 Å². The predicted molar refractivity (Wildman–Crippen MR) is 88.6 cm³/mol. The van der Waals surface area contributed by atoms with E-state index in [2.05, 4.69) is 6.92 Å². The van der Waals surface area contributed by atoms with Crippen molar-refractivity contribution in [1.29, 1.82) is 0 Å². The molecule has 0 saturated heterocycles. The Morgan fingerprint density at radius 3 is 2.48 bits per heavy atom. The third-order valence-electron chi connectivity index (χ3n) is 3.00. The molecule has 0 radical (unpaired) electrons. The molecule has 0 N–H and O–H groups in total. The molecular weight excluding hydrogens is 284 g/mol. The minimum atomic E-state index is -0.0744. The maximum absolute atomic E-state index is 12.5. The van der Waals surface area contributed by atoms with E-state index in [-0.39, 0.29) is 5.78 Å². The number of hydrogen-bond donors (Lipinski definition) is 0. The lowest BCUT2D eigenvalue weighted by atomic mass is 10.00. The van der Waals surface area contributed by atoms with Gasteiger partial charge in [-0.15, -0.1) is 0 Å². The summed E-state index contributed by atoms with van der Waals surface area (Å²) in [5, 5.41) is 0.524. The molecule has 0 aliphatic carbocycles. The lowest BCUT2D eigenvalue weighted by Crippen LogP contribution is -2.04. The van der Waals surface area contributed by atoms with Crippen LogP contribution in [-0.2, 0) is 6.42 Å². The summed E-state index contributed by atoms with van der Waals surface area (Å²) in [5.41, 5.74) is 2.27. The highest BCUT2D eigenvalue weighted by Crippen LogP contribution is 2.25. The Morgan fingerprint density at radius 2 is 1.86 bits per heavy atom. The molecule has 0 amide bonds. The van der Waals surface area contributed by atoms with E-state index >= 15 is 0 Å². The summed E-state index contributed by atoms with van der Waals surface area (Å²) in [6.07, 6.45) is 0.897. The molecule has 0 aliphatic rings. The standard InChI is InChI=1S/C16H15ClO2.C2H6/c1-3-11-5-4-6-12(9-11)16(18)14-10-13(17)7-8-15(14)19-2;1-2/h4-10H,3H2,1-2H3;1-2H3. The zero-order valence-corrected chi connectivity index (χ0v) is 13.7. The molecule has 0 heterocycles. The lowest BCUT2D eigenvalue weighted by Gasteiger charge is -2.09. The Labute approximate surface area is 131 Å². The molecule has 0 aliphatic heterocycles. The molecule has 3 heteroatoms. The molecule has 2 nitrogen and oxygen atoms in total. The van der Waals surface area contributed by atoms with Crippen LogP contribution in [0, 0.1) is 0 Å². The number of halogens is 1. The van der Waals surface area contributed by atoms with Crippen molar-refractivity contribution in [3.63, 3.8) is 0 Å². The van der Waals surface area contributed by atoms with Crippen molar-refractivity contribution in [1.82, 2.24) is 0 Å². The summed E-state index contributed by atoms with van der Waals surface area (Å²) in [4.78, 5) is 12.5. The number of ketones is 1. The van der Waals surface area contributed by atoms with Gasteiger partial charge in [0.1, 0.15) is 5.75 Å². The minimum absolute atomic E-state index is 0.0744. The van der Waals surface area contributed by atoms with E-state index in [1.54, 1.807) is 25.3 Å². The average molecular weight is 305 g/mol. The monoisotopic (exact) mass is 304 g/mol. The molecule has 2 rings (SSSR count). The summed E-state index contributed by atoms with van der Waals surface area (Å²) in [6, 6.07) is 12.7. The lowest BCUT2D eigenvalue weighted by molar-refractivity contribution is 0.103. The average Bonchev–Trinajstić information content (AvgIpc) is 2.56. The topological polar surface area (TPSA) is 26.3 Å². The Balaban J connectivity index is 0.00000106. The van der Waals surface area contributed by atoms with E-state index in [9.17, 15) is 4.79 Å². The van der Waals surface area contributed by atoms with Crippen molar-refractivity contribution in [2.75, 3.05) is 7.11 Å². The Morgan fingerprint density at radius 1 is 1.14 bits per heavy atom. The van der Waals surface area contributed by atoms with Crippen molar-refractivity contribution in [2.24, 2.45) is 0 Å². The normalized spacial score (nSPS) is 9.57. The van der Waals surface area contributed by atoms with Gasteiger partial charge in [0.25, 0.3) is 0 Å². The predicted octanol–water partition coefficient (Wildman–Crippen LogP) is 5.17. The number of methoxy groups -OCH3 is 1. The van der Waals surface area contributed by atoms with Gasteiger partial charge < -0.3 is 4.74 Å². The van der Waals surface area contributed by atoms with Gasteiger partial charge in [0.15, 0.2) is 5.78 Å². The number of carbonyl (C=O) groups excluding carboxylic acids is 1. The third kappa shape index (κ3) is 4.33. The molecule has 0 aromatic heterocycles. The molecule has 112 valence electrons. The molecule has 0 bridgehead atoms. The van der Waals surface area contributed by atoms with Gasteiger partial charge in [-0.3, -0.25) is 4.79 Å². The number of hydrogen-bond acceptors (Lipinski definition) is 2. The molecule has 0 unspecified atom stereocenters. The fourth-order valence-corrected chi connectivity index (χ4v) is 2.12. The molecule has 0 saturated carbocycles. The number of ether oxygens (including phenoxy) is 1. The number of rotatable bonds is 4. The number of benzene rings is 2. The van der Waals surface area contributed by atoms with Gasteiger partial charge in [-0.25, -0.2) is 0 Å². The van der Waals surface area contributed by atoms with Crippen LogP contribution < -0.4 is 4.74 Å². The van der Waals surface area contributed by atoms with Gasteiger partial charge in [0, 0.05) is 10.6 Å². The second-order valence-corrected chi connectivity index (χ2v) is 4.66. The number of carbonyl (C=O) groups is 1. The quantitative estimate of drug-likeness (QED) is 0.729. The Kier molecular flexibility index (Phi) is 6.97. The van der Waals surface area contributed by atoms with E-state index in [0.29, 0.717) is 21.9 Å². The fraction of sp³-hybridized carbons (Fsp3) is 0.278. The number of aryl methyl sites for hydroxylation is 1. The SMILES string of the molecule is CC.CCc1cccc(C(=O)c2cc(Cl)ccc2OC)c1. The summed E-state index contributed by atoms with van der Waals surface area (Å²) in [5.74, 6) is 0.464. The van der Waals surface area contributed by atoms with Crippen LogP contribution in [0.5, 0.6) is 5.75 Å². The highest BCUT2D eigenvalue weighted by atomic mass is 35.5. The summed E-state index contributed by atoms with van der Waals surface area (Å²) in [7, 11) is 1.54. The molecule has 2 aromatic rings.